The van der Waals surface area contributed by atoms with Crippen molar-refractivity contribution in [3.05, 3.63) is 64.8 Å². The summed E-state index contributed by atoms with van der Waals surface area (Å²) in [7, 11) is 0. The maximum absolute atomic E-state index is 13.0. The molecule has 0 atom stereocenters. The Hall–Kier alpha value is -3.13. The number of ether oxygens (including phenoxy) is 2. The molecule has 0 spiro atoms. The second-order valence-electron chi connectivity index (χ2n) is 5.59. The lowest BCUT2D eigenvalue weighted by molar-refractivity contribution is -0.145. The molecular weight excluding hydrogens is 383 g/mol. The number of rotatable bonds is 6. The number of para-hydroxylation sites is 1. The number of halogens is 1. The summed E-state index contributed by atoms with van der Waals surface area (Å²) >= 11 is 1.16. The molecule has 0 radical (unpaired) electrons. The van der Waals surface area contributed by atoms with E-state index in [-0.39, 0.29) is 24.9 Å². The lowest BCUT2D eigenvalue weighted by Gasteiger charge is -2.08. The van der Waals surface area contributed by atoms with E-state index in [0.29, 0.717) is 27.1 Å². The van der Waals surface area contributed by atoms with E-state index in [1.165, 1.54) is 24.3 Å². The van der Waals surface area contributed by atoms with Crippen molar-refractivity contribution in [2.75, 3.05) is 13.2 Å². The first-order valence-corrected chi connectivity index (χ1v) is 9.29. The van der Waals surface area contributed by atoms with Gasteiger partial charge in [-0.2, -0.15) is 0 Å². The average molecular weight is 400 g/mol. The molecule has 1 fully saturated rings. The van der Waals surface area contributed by atoms with Crippen molar-refractivity contribution in [3.63, 3.8) is 0 Å². The molecule has 1 aliphatic heterocycles. The summed E-state index contributed by atoms with van der Waals surface area (Å²) in [5.74, 6) is -0.662. The molecule has 6 nitrogen and oxygen atoms in total. The third-order valence-electron chi connectivity index (χ3n) is 3.56. The van der Waals surface area contributed by atoms with Crippen molar-refractivity contribution in [2.45, 2.75) is 6.92 Å². The third kappa shape index (κ3) is 5.20. The van der Waals surface area contributed by atoms with Crippen LogP contribution in [0.3, 0.4) is 0 Å². The van der Waals surface area contributed by atoms with Crippen molar-refractivity contribution in [2.24, 2.45) is 4.99 Å². The molecule has 144 valence electrons. The van der Waals surface area contributed by atoms with Gasteiger partial charge in [-0.15, -0.1) is 0 Å². The monoisotopic (exact) mass is 400 g/mol. The lowest BCUT2D eigenvalue weighted by atomic mass is 10.2. The van der Waals surface area contributed by atoms with Crippen LogP contribution in [0.5, 0.6) is 5.75 Å². The first-order chi connectivity index (χ1) is 13.5. The third-order valence-corrected chi connectivity index (χ3v) is 4.47. The zero-order chi connectivity index (χ0) is 19.9. The Morgan fingerprint density at radius 3 is 2.71 bits per heavy atom. The van der Waals surface area contributed by atoms with Crippen molar-refractivity contribution >= 4 is 40.6 Å². The zero-order valence-electron chi connectivity index (χ0n) is 15.0. The number of benzene rings is 2. The van der Waals surface area contributed by atoms with E-state index in [9.17, 15) is 14.0 Å². The number of carbonyl (C=O) groups is 2. The van der Waals surface area contributed by atoms with Crippen LogP contribution < -0.4 is 10.1 Å². The predicted octanol–water partition coefficient (Wildman–Crippen LogP) is 3.66. The SMILES string of the molecule is CCOC(=O)COc1ccccc1C=C1SC(=Nc2ccc(F)cc2)NC1=O. The minimum atomic E-state index is -0.466. The van der Waals surface area contributed by atoms with Gasteiger partial charge in [-0.3, -0.25) is 4.79 Å². The van der Waals surface area contributed by atoms with E-state index in [0.717, 1.165) is 11.8 Å². The van der Waals surface area contributed by atoms with E-state index in [1.807, 2.05) is 0 Å². The van der Waals surface area contributed by atoms with Crippen molar-refractivity contribution in [1.82, 2.24) is 5.32 Å². The first kappa shape index (κ1) is 19.6. The Labute approximate surface area is 165 Å². The number of amidine groups is 1. The van der Waals surface area contributed by atoms with E-state index in [2.05, 4.69) is 10.3 Å². The van der Waals surface area contributed by atoms with Gasteiger partial charge in [0.05, 0.1) is 17.2 Å². The fraction of sp³-hybridized carbons (Fsp3) is 0.150. The van der Waals surface area contributed by atoms with Crippen LogP contribution in [0, 0.1) is 5.82 Å². The highest BCUT2D eigenvalue weighted by Gasteiger charge is 2.24. The standard InChI is InChI=1S/C20H17FN2O4S/c1-2-26-18(24)12-27-16-6-4-3-5-13(16)11-17-19(25)23-20(28-17)22-15-9-7-14(21)8-10-15/h3-11H,2,12H2,1H3,(H,22,23,25). The van der Waals surface area contributed by atoms with E-state index >= 15 is 0 Å². The Morgan fingerprint density at radius 1 is 1.21 bits per heavy atom. The summed E-state index contributed by atoms with van der Waals surface area (Å²) in [6.45, 7) is 1.78. The van der Waals surface area contributed by atoms with Gasteiger partial charge in [0.1, 0.15) is 11.6 Å². The predicted molar refractivity (Wildman–Crippen MR) is 106 cm³/mol. The van der Waals surface area contributed by atoms with Crippen LogP contribution in [0.15, 0.2) is 58.4 Å². The van der Waals surface area contributed by atoms with Crippen LogP contribution in [-0.4, -0.2) is 30.3 Å². The Bertz CT molecular complexity index is 941. The second kappa shape index (κ2) is 9.18. The highest BCUT2D eigenvalue weighted by molar-refractivity contribution is 8.18. The number of hydrogen-bond donors (Lipinski definition) is 1. The normalized spacial score (nSPS) is 16.3. The maximum Gasteiger partial charge on any atom is 0.344 e. The van der Waals surface area contributed by atoms with Gasteiger partial charge in [-0.1, -0.05) is 18.2 Å². The van der Waals surface area contributed by atoms with Crippen LogP contribution in [0.2, 0.25) is 0 Å². The number of aliphatic imine (C=N–C) groups is 1. The molecule has 2 aromatic rings. The molecule has 1 saturated heterocycles. The van der Waals surface area contributed by atoms with Crippen molar-refractivity contribution < 1.29 is 23.5 Å². The van der Waals surface area contributed by atoms with Crippen LogP contribution in [0.25, 0.3) is 6.08 Å². The van der Waals surface area contributed by atoms with Gasteiger partial charge in [0.25, 0.3) is 5.91 Å². The van der Waals surface area contributed by atoms with Gasteiger partial charge >= 0.3 is 5.97 Å². The fourth-order valence-corrected chi connectivity index (χ4v) is 3.16. The second-order valence-corrected chi connectivity index (χ2v) is 6.62. The molecule has 28 heavy (non-hydrogen) atoms. The molecule has 3 rings (SSSR count). The molecule has 1 heterocycles. The first-order valence-electron chi connectivity index (χ1n) is 8.48. The lowest BCUT2D eigenvalue weighted by Crippen LogP contribution is -2.19. The van der Waals surface area contributed by atoms with Crippen LogP contribution >= 0.6 is 11.8 Å². The molecule has 0 bridgehead atoms. The highest BCUT2D eigenvalue weighted by Crippen LogP contribution is 2.30. The molecule has 0 saturated carbocycles. The molecule has 0 aliphatic carbocycles. The Morgan fingerprint density at radius 2 is 1.96 bits per heavy atom. The molecule has 2 aromatic carbocycles. The number of nitrogens with one attached hydrogen (secondary N) is 1. The summed E-state index contributed by atoms with van der Waals surface area (Å²) in [5.41, 5.74) is 1.18. The molecule has 0 unspecified atom stereocenters. The number of esters is 1. The van der Waals surface area contributed by atoms with E-state index < -0.39 is 5.97 Å². The van der Waals surface area contributed by atoms with Gasteiger partial charge in [-0.25, -0.2) is 14.2 Å². The van der Waals surface area contributed by atoms with Gasteiger partial charge in [0.15, 0.2) is 11.8 Å². The number of carbonyl (C=O) groups excluding carboxylic acids is 2. The number of hydrogen-bond acceptors (Lipinski definition) is 6. The zero-order valence-corrected chi connectivity index (χ0v) is 15.8. The summed E-state index contributed by atoms with van der Waals surface area (Å²) in [6, 6.07) is 12.7. The van der Waals surface area contributed by atoms with Crippen molar-refractivity contribution in [1.29, 1.82) is 0 Å². The quantitative estimate of drug-likeness (QED) is 0.592. The molecule has 1 amide bonds. The fourth-order valence-electron chi connectivity index (χ4n) is 2.33. The smallest absolute Gasteiger partial charge is 0.344 e. The van der Waals surface area contributed by atoms with Crippen molar-refractivity contribution in [3.8, 4) is 5.75 Å². The minimum absolute atomic E-state index is 0.218. The van der Waals surface area contributed by atoms with E-state index in [4.69, 9.17) is 9.47 Å². The molecule has 1 aliphatic rings. The molecular formula is C20H17FN2O4S. The molecule has 8 heteroatoms. The number of thioether (sulfide) groups is 1. The topological polar surface area (TPSA) is 77.0 Å². The van der Waals surface area contributed by atoms with Gasteiger partial charge in [-0.05, 0) is 55.1 Å². The van der Waals surface area contributed by atoms with Crippen LogP contribution in [-0.2, 0) is 14.3 Å². The van der Waals surface area contributed by atoms with Gasteiger partial charge in [0.2, 0.25) is 0 Å². The molecule has 0 aromatic heterocycles. The summed E-state index contributed by atoms with van der Waals surface area (Å²) < 4.78 is 23.3. The van der Waals surface area contributed by atoms with Gasteiger partial charge < -0.3 is 14.8 Å². The van der Waals surface area contributed by atoms with Crippen LogP contribution in [0.4, 0.5) is 10.1 Å². The summed E-state index contributed by atoms with van der Waals surface area (Å²) in [6.07, 6.45) is 1.66. The molecule has 1 N–H and O–H groups in total. The Kier molecular flexibility index (Phi) is 6.44. The highest BCUT2D eigenvalue weighted by atomic mass is 32.2. The van der Waals surface area contributed by atoms with Gasteiger partial charge in [0, 0.05) is 5.56 Å². The Balaban J connectivity index is 1.75. The summed E-state index contributed by atoms with van der Waals surface area (Å²) in [5, 5.41) is 3.07. The maximum atomic E-state index is 13.0. The van der Waals surface area contributed by atoms with Crippen LogP contribution in [0.1, 0.15) is 12.5 Å². The van der Waals surface area contributed by atoms with E-state index in [1.54, 1.807) is 37.3 Å². The summed E-state index contributed by atoms with van der Waals surface area (Å²) in [4.78, 5) is 28.4. The largest absolute Gasteiger partial charge is 0.481 e. The average Bonchev–Trinajstić information content (AvgIpc) is 3.02. The number of amides is 1. The number of nitrogens with zero attached hydrogens (tertiary/aromatic N) is 1. The minimum Gasteiger partial charge on any atom is -0.481 e.